The molecule has 134 valence electrons. The minimum atomic E-state index is -0.452. The van der Waals surface area contributed by atoms with Gasteiger partial charge in [-0.25, -0.2) is 9.37 Å². The monoisotopic (exact) mass is 345 g/mol. The highest BCUT2D eigenvalue weighted by Crippen LogP contribution is 2.27. The van der Waals surface area contributed by atoms with Crippen LogP contribution in [0, 0.1) is 11.7 Å². The maximum absolute atomic E-state index is 14.3. The van der Waals surface area contributed by atoms with Gasteiger partial charge in [0.1, 0.15) is 12.4 Å². The standard InChI is InChI=1S/C19H24FN3O2/c1-12(2)8-16(21)11-25-18-5-4-14(9-17(18)20)15-6-7-22-19(10-15)23-13(3)24/h4-7,9-10,12,16H,8,11,21H2,1-3H3,(H,22,23,24)/t16-/m0/s1. The summed E-state index contributed by atoms with van der Waals surface area (Å²) in [7, 11) is 0. The first-order valence-electron chi connectivity index (χ1n) is 8.27. The van der Waals surface area contributed by atoms with Crippen molar-refractivity contribution < 1.29 is 13.9 Å². The fraction of sp³-hybridized carbons (Fsp3) is 0.368. The van der Waals surface area contributed by atoms with Crippen molar-refractivity contribution in [3.63, 3.8) is 0 Å². The van der Waals surface area contributed by atoms with E-state index in [4.69, 9.17) is 10.5 Å². The SMILES string of the molecule is CC(=O)Nc1cc(-c2ccc(OC[C@@H](N)CC(C)C)c(F)c2)ccn1. The molecule has 1 atom stereocenters. The number of ether oxygens (including phenoxy) is 1. The summed E-state index contributed by atoms with van der Waals surface area (Å²) in [4.78, 5) is 15.2. The van der Waals surface area contributed by atoms with Crippen LogP contribution in [-0.2, 0) is 4.79 Å². The molecule has 1 amide bonds. The number of halogens is 1. The number of aromatic nitrogens is 1. The Hall–Kier alpha value is -2.47. The van der Waals surface area contributed by atoms with E-state index in [0.717, 1.165) is 12.0 Å². The van der Waals surface area contributed by atoms with Gasteiger partial charge in [0.05, 0.1) is 0 Å². The van der Waals surface area contributed by atoms with Crippen LogP contribution < -0.4 is 15.8 Å². The molecule has 2 rings (SSSR count). The van der Waals surface area contributed by atoms with Crippen molar-refractivity contribution in [1.82, 2.24) is 4.98 Å². The number of carbonyl (C=O) groups excluding carboxylic acids is 1. The molecule has 0 radical (unpaired) electrons. The molecule has 0 unspecified atom stereocenters. The second-order valence-corrected chi connectivity index (χ2v) is 6.46. The summed E-state index contributed by atoms with van der Waals surface area (Å²) in [6.07, 6.45) is 2.39. The Morgan fingerprint density at radius 1 is 1.28 bits per heavy atom. The van der Waals surface area contributed by atoms with Gasteiger partial charge in [0, 0.05) is 19.2 Å². The maximum Gasteiger partial charge on any atom is 0.222 e. The van der Waals surface area contributed by atoms with Crippen molar-refractivity contribution in [3.8, 4) is 16.9 Å². The lowest BCUT2D eigenvalue weighted by Crippen LogP contribution is -2.29. The third kappa shape index (κ3) is 5.83. The number of benzene rings is 1. The van der Waals surface area contributed by atoms with Crippen molar-refractivity contribution >= 4 is 11.7 Å². The summed E-state index contributed by atoms with van der Waals surface area (Å²) in [5.74, 6) is 0.407. The minimum absolute atomic E-state index is 0.125. The minimum Gasteiger partial charge on any atom is -0.489 e. The molecule has 1 aromatic carbocycles. The van der Waals surface area contributed by atoms with Gasteiger partial charge in [-0.05, 0) is 47.7 Å². The number of carbonyl (C=O) groups is 1. The third-order valence-electron chi connectivity index (χ3n) is 3.56. The number of hydrogen-bond donors (Lipinski definition) is 2. The number of nitrogens with zero attached hydrogens (tertiary/aromatic N) is 1. The summed E-state index contributed by atoms with van der Waals surface area (Å²) in [6, 6.07) is 8.06. The second kappa shape index (κ2) is 8.58. The molecule has 0 aliphatic carbocycles. The van der Waals surface area contributed by atoms with Crippen LogP contribution in [-0.4, -0.2) is 23.5 Å². The molecule has 1 aromatic heterocycles. The van der Waals surface area contributed by atoms with Gasteiger partial charge in [-0.3, -0.25) is 4.79 Å². The number of amides is 1. The molecule has 0 saturated heterocycles. The van der Waals surface area contributed by atoms with Crippen LogP contribution in [0.25, 0.3) is 11.1 Å². The van der Waals surface area contributed by atoms with Crippen LogP contribution in [0.1, 0.15) is 27.2 Å². The van der Waals surface area contributed by atoms with Crippen LogP contribution in [0.2, 0.25) is 0 Å². The van der Waals surface area contributed by atoms with Gasteiger partial charge in [0.2, 0.25) is 5.91 Å². The predicted octanol–water partition coefficient (Wildman–Crippen LogP) is 3.60. The number of rotatable bonds is 7. The molecular formula is C19H24FN3O2. The topological polar surface area (TPSA) is 77.2 Å². The molecule has 1 heterocycles. The van der Waals surface area contributed by atoms with Gasteiger partial charge in [0.15, 0.2) is 11.6 Å². The van der Waals surface area contributed by atoms with Gasteiger partial charge >= 0.3 is 0 Å². The fourth-order valence-corrected chi connectivity index (χ4v) is 2.53. The van der Waals surface area contributed by atoms with E-state index in [9.17, 15) is 9.18 Å². The molecule has 0 saturated carbocycles. The number of nitrogens with two attached hydrogens (primary N) is 1. The summed E-state index contributed by atoms with van der Waals surface area (Å²) >= 11 is 0. The average molecular weight is 345 g/mol. The van der Waals surface area contributed by atoms with Gasteiger partial charge in [-0.15, -0.1) is 0 Å². The van der Waals surface area contributed by atoms with Crippen LogP contribution in [0.3, 0.4) is 0 Å². The molecule has 0 aliphatic rings. The van der Waals surface area contributed by atoms with E-state index in [1.165, 1.54) is 13.0 Å². The molecule has 0 fully saturated rings. The molecule has 0 bridgehead atoms. The Morgan fingerprint density at radius 2 is 2.00 bits per heavy atom. The molecule has 25 heavy (non-hydrogen) atoms. The number of hydrogen-bond acceptors (Lipinski definition) is 4. The van der Waals surface area contributed by atoms with Gasteiger partial charge in [0.25, 0.3) is 0 Å². The zero-order valence-corrected chi connectivity index (χ0v) is 14.8. The first kappa shape index (κ1) is 18.9. The lowest BCUT2D eigenvalue weighted by Gasteiger charge is -2.15. The van der Waals surface area contributed by atoms with Gasteiger partial charge in [-0.1, -0.05) is 19.9 Å². The fourth-order valence-electron chi connectivity index (χ4n) is 2.53. The summed E-state index contributed by atoms with van der Waals surface area (Å²) in [5.41, 5.74) is 7.38. The van der Waals surface area contributed by atoms with Crippen molar-refractivity contribution in [2.45, 2.75) is 33.2 Å². The van der Waals surface area contributed by atoms with Crippen LogP contribution >= 0.6 is 0 Å². The van der Waals surface area contributed by atoms with Crippen molar-refractivity contribution in [2.75, 3.05) is 11.9 Å². The first-order valence-corrected chi connectivity index (χ1v) is 8.27. The molecule has 0 spiro atoms. The molecule has 0 aliphatic heterocycles. The molecular weight excluding hydrogens is 321 g/mol. The Labute approximate surface area is 147 Å². The van der Waals surface area contributed by atoms with E-state index in [2.05, 4.69) is 24.1 Å². The lowest BCUT2D eigenvalue weighted by molar-refractivity contribution is -0.114. The Morgan fingerprint density at radius 3 is 2.64 bits per heavy atom. The van der Waals surface area contributed by atoms with Crippen LogP contribution in [0.15, 0.2) is 36.5 Å². The molecule has 3 N–H and O–H groups in total. The number of anilines is 1. The molecule has 5 nitrogen and oxygen atoms in total. The highest BCUT2D eigenvalue weighted by atomic mass is 19.1. The lowest BCUT2D eigenvalue weighted by atomic mass is 10.1. The van der Waals surface area contributed by atoms with E-state index >= 15 is 0 Å². The van der Waals surface area contributed by atoms with Crippen molar-refractivity contribution in [2.24, 2.45) is 11.7 Å². The molecule has 2 aromatic rings. The van der Waals surface area contributed by atoms with E-state index in [1.54, 1.807) is 30.5 Å². The number of nitrogens with one attached hydrogen (secondary N) is 1. The van der Waals surface area contributed by atoms with E-state index < -0.39 is 5.82 Å². The summed E-state index contributed by atoms with van der Waals surface area (Å²) in [6.45, 7) is 5.85. The zero-order chi connectivity index (χ0) is 18.4. The highest BCUT2D eigenvalue weighted by Gasteiger charge is 2.11. The van der Waals surface area contributed by atoms with Crippen molar-refractivity contribution in [3.05, 3.63) is 42.3 Å². The smallest absolute Gasteiger partial charge is 0.222 e. The van der Waals surface area contributed by atoms with Gasteiger partial charge < -0.3 is 15.8 Å². The summed E-state index contributed by atoms with van der Waals surface area (Å²) in [5, 5.41) is 2.61. The van der Waals surface area contributed by atoms with Crippen LogP contribution in [0.4, 0.5) is 10.2 Å². The van der Waals surface area contributed by atoms with Gasteiger partial charge in [-0.2, -0.15) is 0 Å². The predicted molar refractivity (Wildman–Crippen MR) is 96.9 cm³/mol. The third-order valence-corrected chi connectivity index (χ3v) is 3.56. The maximum atomic E-state index is 14.3. The average Bonchev–Trinajstić information content (AvgIpc) is 2.52. The van der Waals surface area contributed by atoms with E-state index in [1.807, 2.05) is 0 Å². The Kier molecular flexibility index (Phi) is 6.47. The summed E-state index contributed by atoms with van der Waals surface area (Å²) < 4.78 is 19.8. The quantitative estimate of drug-likeness (QED) is 0.804. The highest BCUT2D eigenvalue weighted by molar-refractivity contribution is 5.88. The Balaban J connectivity index is 2.10. The normalized spacial score (nSPS) is 12.1. The number of pyridine rings is 1. The van der Waals surface area contributed by atoms with E-state index in [-0.39, 0.29) is 24.3 Å². The van der Waals surface area contributed by atoms with Crippen molar-refractivity contribution in [1.29, 1.82) is 0 Å². The largest absolute Gasteiger partial charge is 0.489 e. The Bertz CT molecular complexity index is 734. The second-order valence-electron chi connectivity index (χ2n) is 6.46. The molecule has 6 heteroatoms. The van der Waals surface area contributed by atoms with Crippen LogP contribution in [0.5, 0.6) is 5.75 Å². The van der Waals surface area contributed by atoms with E-state index in [0.29, 0.717) is 17.3 Å². The first-order chi connectivity index (χ1) is 11.8. The zero-order valence-electron chi connectivity index (χ0n) is 14.8.